The number of carbonyl (C=O) groups is 2. The van der Waals surface area contributed by atoms with Crippen molar-refractivity contribution in [2.45, 2.75) is 71.1 Å². The van der Waals surface area contributed by atoms with Crippen LogP contribution in [0.1, 0.15) is 71.1 Å². The number of amides is 3. The number of nitro groups is 1. The molecule has 2 N–H and O–H groups in total. The van der Waals surface area contributed by atoms with Crippen molar-refractivity contribution in [2.24, 2.45) is 0 Å². The van der Waals surface area contributed by atoms with Gasteiger partial charge in [-0.3, -0.25) is 19.8 Å². The normalized spacial score (nSPS) is 10.6. The molecule has 0 aromatic heterocycles. The summed E-state index contributed by atoms with van der Waals surface area (Å²) in [6, 6.07) is 21.7. The molecule has 0 radical (unpaired) electrons. The van der Waals surface area contributed by atoms with Crippen LogP contribution in [0.4, 0.5) is 21.9 Å². The number of rotatable bonds is 18. The molecule has 9 heteroatoms. The number of ether oxygens (including phenoxy) is 1. The van der Waals surface area contributed by atoms with Gasteiger partial charge in [0.2, 0.25) is 5.91 Å². The van der Waals surface area contributed by atoms with Crippen LogP contribution >= 0.6 is 0 Å². The molecule has 0 unspecified atom stereocenters. The standard InChI is InChI=1S/C33H42N4O5/c1-2-3-4-5-6-7-8-9-13-16-32(38)34-25-26-36(33(39)35-27-17-19-29(20-18-27)37(40)41)28-21-23-31(24-22-28)42-30-14-11-10-12-15-30/h10-12,14-15,17-24H,2-9,13,16,25-26H2,1H3,(H,34,38)(H,35,39). The van der Waals surface area contributed by atoms with Crippen LogP contribution in [-0.2, 0) is 4.79 Å². The summed E-state index contributed by atoms with van der Waals surface area (Å²) >= 11 is 0. The van der Waals surface area contributed by atoms with Crippen molar-refractivity contribution >= 4 is 29.0 Å². The van der Waals surface area contributed by atoms with Crippen molar-refractivity contribution < 1.29 is 19.2 Å². The molecule has 0 fully saturated rings. The van der Waals surface area contributed by atoms with Crippen LogP contribution in [0.15, 0.2) is 78.9 Å². The van der Waals surface area contributed by atoms with Crippen molar-refractivity contribution in [1.82, 2.24) is 5.32 Å². The first-order chi connectivity index (χ1) is 20.5. The Balaban J connectivity index is 1.53. The highest BCUT2D eigenvalue weighted by molar-refractivity contribution is 6.01. The number of nitrogens with zero attached hydrogens (tertiary/aromatic N) is 2. The van der Waals surface area contributed by atoms with E-state index in [9.17, 15) is 19.7 Å². The van der Waals surface area contributed by atoms with Gasteiger partial charge in [-0.1, -0.05) is 76.5 Å². The van der Waals surface area contributed by atoms with Gasteiger partial charge < -0.3 is 15.4 Å². The van der Waals surface area contributed by atoms with Gasteiger partial charge in [0, 0.05) is 43.0 Å². The van der Waals surface area contributed by atoms with E-state index in [-0.39, 0.29) is 24.7 Å². The van der Waals surface area contributed by atoms with Crippen molar-refractivity contribution in [3.8, 4) is 11.5 Å². The van der Waals surface area contributed by atoms with Crippen LogP contribution in [0.25, 0.3) is 0 Å². The second-order valence-electron chi connectivity index (χ2n) is 10.2. The minimum atomic E-state index is -0.492. The largest absolute Gasteiger partial charge is 0.457 e. The minimum Gasteiger partial charge on any atom is -0.457 e. The molecule has 0 heterocycles. The molecule has 42 heavy (non-hydrogen) atoms. The zero-order valence-electron chi connectivity index (χ0n) is 24.4. The summed E-state index contributed by atoms with van der Waals surface area (Å²) < 4.78 is 5.87. The van der Waals surface area contributed by atoms with Crippen molar-refractivity contribution in [3.05, 3.63) is 89.0 Å². The molecule has 0 aliphatic rings. The summed E-state index contributed by atoms with van der Waals surface area (Å²) in [5.41, 5.74) is 0.977. The number of carbonyl (C=O) groups excluding carboxylic acids is 2. The summed E-state index contributed by atoms with van der Waals surface area (Å²) in [4.78, 5) is 37.7. The fraction of sp³-hybridized carbons (Fsp3) is 0.394. The molecule has 0 aliphatic carbocycles. The highest BCUT2D eigenvalue weighted by Crippen LogP contribution is 2.25. The molecule has 224 valence electrons. The maximum absolute atomic E-state index is 13.3. The molecular weight excluding hydrogens is 532 g/mol. The molecule has 9 nitrogen and oxygen atoms in total. The predicted molar refractivity (Wildman–Crippen MR) is 167 cm³/mol. The Kier molecular flexibility index (Phi) is 13.9. The Morgan fingerprint density at radius 1 is 0.786 bits per heavy atom. The van der Waals surface area contributed by atoms with Gasteiger partial charge in [-0.2, -0.15) is 0 Å². The van der Waals surface area contributed by atoms with Crippen LogP contribution in [0.3, 0.4) is 0 Å². The topological polar surface area (TPSA) is 114 Å². The molecular formula is C33H42N4O5. The second-order valence-corrected chi connectivity index (χ2v) is 10.2. The molecule has 3 aromatic rings. The quantitative estimate of drug-likeness (QED) is 0.0898. The van der Waals surface area contributed by atoms with E-state index in [4.69, 9.17) is 4.74 Å². The fourth-order valence-corrected chi connectivity index (χ4v) is 4.52. The highest BCUT2D eigenvalue weighted by atomic mass is 16.6. The highest BCUT2D eigenvalue weighted by Gasteiger charge is 2.17. The van der Waals surface area contributed by atoms with Gasteiger partial charge in [0.1, 0.15) is 11.5 Å². The van der Waals surface area contributed by atoms with E-state index in [0.717, 1.165) is 19.3 Å². The number of anilines is 2. The fourth-order valence-electron chi connectivity index (χ4n) is 4.52. The van der Waals surface area contributed by atoms with Crippen LogP contribution in [0.5, 0.6) is 11.5 Å². The van der Waals surface area contributed by atoms with Gasteiger partial charge in [-0.05, 0) is 55.0 Å². The lowest BCUT2D eigenvalue weighted by Gasteiger charge is -2.24. The minimum absolute atomic E-state index is 0.0275. The van der Waals surface area contributed by atoms with E-state index in [2.05, 4.69) is 17.6 Å². The summed E-state index contributed by atoms with van der Waals surface area (Å²) in [6.07, 6.45) is 11.2. The van der Waals surface area contributed by atoms with E-state index in [1.54, 1.807) is 24.3 Å². The number of urea groups is 1. The maximum Gasteiger partial charge on any atom is 0.326 e. The number of hydrogen-bond donors (Lipinski definition) is 2. The third-order valence-corrected chi connectivity index (χ3v) is 6.87. The van der Waals surface area contributed by atoms with E-state index < -0.39 is 11.0 Å². The summed E-state index contributed by atoms with van der Waals surface area (Å²) in [5.74, 6) is 1.29. The molecule has 0 spiro atoms. The first-order valence-corrected chi connectivity index (χ1v) is 14.9. The molecule has 3 rings (SSSR count). The molecule has 0 atom stereocenters. The summed E-state index contributed by atoms with van der Waals surface area (Å²) in [5, 5.41) is 16.7. The summed E-state index contributed by atoms with van der Waals surface area (Å²) in [6.45, 7) is 2.74. The Bertz CT molecular complexity index is 1230. The van der Waals surface area contributed by atoms with Gasteiger partial charge in [-0.15, -0.1) is 0 Å². The lowest BCUT2D eigenvalue weighted by molar-refractivity contribution is -0.384. The Morgan fingerprint density at radius 3 is 2.00 bits per heavy atom. The van der Waals surface area contributed by atoms with Gasteiger partial charge >= 0.3 is 6.03 Å². The number of nitro benzene ring substituents is 1. The van der Waals surface area contributed by atoms with Crippen LogP contribution in [0.2, 0.25) is 0 Å². The molecule has 0 aliphatic heterocycles. The average Bonchev–Trinajstić information content (AvgIpc) is 3.00. The third-order valence-electron chi connectivity index (χ3n) is 6.87. The molecule has 0 saturated heterocycles. The van der Waals surface area contributed by atoms with Crippen LogP contribution in [0, 0.1) is 10.1 Å². The van der Waals surface area contributed by atoms with Gasteiger partial charge in [0.15, 0.2) is 0 Å². The zero-order valence-corrected chi connectivity index (χ0v) is 24.4. The smallest absolute Gasteiger partial charge is 0.326 e. The van der Waals surface area contributed by atoms with E-state index in [1.807, 2.05) is 30.3 Å². The third kappa shape index (κ3) is 11.6. The van der Waals surface area contributed by atoms with Crippen LogP contribution in [-0.4, -0.2) is 30.0 Å². The lowest BCUT2D eigenvalue weighted by atomic mass is 10.1. The Labute approximate surface area is 248 Å². The molecule has 0 bridgehead atoms. The lowest BCUT2D eigenvalue weighted by Crippen LogP contribution is -2.41. The first kappa shape index (κ1) is 32.1. The number of non-ortho nitro benzene ring substituents is 1. The predicted octanol–water partition coefficient (Wildman–Crippen LogP) is 8.46. The average molecular weight is 575 g/mol. The van der Waals surface area contributed by atoms with Crippen molar-refractivity contribution in [2.75, 3.05) is 23.3 Å². The maximum atomic E-state index is 13.3. The van der Waals surface area contributed by atoms with Gasteiger partial charge in [0.25, 0.3) is 5.69 Å². The van der Waals surface area contributed by atoms with Crippen molar-refractivity contribution in [3.63, 3.8) is 0 Å². The van der Waals surface area contributed by atoms with Gasteiger partial charge in [-0.25, -0.2) is 4.79 Å². The van der Waals surface area contributed by atoms with Crippen LogP contribution < -0.4 is 20.3 Å². The number of benzene rings is 3. The summed E-state index contributed by atoms with van der Waals surface area (Å²) in [7, 11) is 0. The SMILES string of the molecule is CCCCCCCCCCCC(=O)NCCN(C(=O)Nc1ccc([N+](=O)[O-])cc1)c1ccc(Oc2ccccc2)cc1. The molecule has 3 amide bonds. The van der Waals surface area contributed by atoms with Crippen molar-refractivity contribution in [1.29, 1.82) is 0 Å². The Hall–Kier alpha value is -4.40. The first-order valence-electron chi connectivity index (χ1n) is 14.9. The monoisotopic (exact) mass is 574 g/mol. The zero-order chi connectivity index (χ0) is 30.0. The van der Waals surface area contributed by atoms with E-state index >= 15 is 0 Å². The Morgan fingerprint density at radius 2 is 1.38 bits per heavy atom. The number of para-hydroxylation sites is 1. The second kappa shape index (κ2) is 18.1. The molecule has 0 saturated carbocycles. The number of nitrogens with one attached hydrogen (secondary N) is 2. The van der Waals surface area contributed by atoms with Gasteiger partial charge in [0.05, 0.1) is 4.92 Å². The molecule has 3 aromatic carbocycles. The van der Waals surface area contributed by atoms with E-state index in [1.165, 1.54) is 67.7 Å². The van der Waals surface area contributed by atoms with E-state index in [0.29, 0.717) is 29.3 Å². The number of hydrogen-bond acceptors (Lipinski definition) is 5. The number of unbranched alkanes of at least 4 members (excludes halogenated alkanes) is 8.